The van der Waals surface area contributed by atoms with E-state index in [4.69, 9.17) is 49.3 Å². The highest BCUT2D eigenvalue weighted by Crippen LogP contribution is 2.56. The van der Waals surface area contributed by atoms with Gasteiger partial charge in [0.05, 0.1) is 0 Å². The molecule has 5 heterocycles. The summed E-state index contributed by atoms with van der Waals surface area (Å²) in [6, 6.07) is 173. The molecule has 1 aliphatic carbocycles. The van der Waals surface area contributed by atoms with Crippen molar-refractivity contribution in [1.82, 2.24) is 44.9 Å². The summed E-state index contributed by atoms with van der Waals surface area (Å²) >= 11 is 1.85. The Labute approximate surface area is 862 Å². The number of fused-ring (bicyclic) bond motifs is 27. The molecule has 0 fully saturated rings. The topological polar surface area (TPSA) is 129 Å². The fraction of sp³-hybridized carbons (Fsp3) is 0.0217. The largest absolute Gasteiger partial charge is 0.455 e. The van der Waals surface area contributed by atoms with Crippen LogP contribution >= 0.6 is 11.3 Å². The van der Waals surface area contributed by atoms with Crippen molar-refractivity contribution in [2.75, 3.05) is 0 Å². The van der Waals surface area contributed by atoms with Crippen LogP contribution < -0.4 is 0 Å². The molecule has 0 N–H and O–H groups in total. The summed E-state index contributed by atoms with van der Waals surface area (Å²) in [7, 11) is 0. The Morgan fingerprint density at radius 3 is 0.893 bits per heavy atom. The van der Waals surface area contributed by atoms with Crippen molar-refractivity contribution < 1.29 is 4.42 Å². The number of hydrogen-bond donors (Lipinski definition) is 0. The zero-order chi connectivity index (χ0) is 98.7. The van der Waals surface area contributed by atoms with Crippen LogP contribution in [0.15, 0.2) is 496 Å². The molecule has 149 heavy (non-hydrogen) atoms. The van der Waals surface area contributed by atoms with Crippen LogP contribution in [0.25, 0.3) is 286 Å². The van der Waals surface area contributed by atoms with E-state index in [0.717, 1.165) is 105 Å². The average molecular weight is 1920 g/mol. The number of rotatable bonds is 12. The number of benzene rings is 24. The van der Waals surface area contributed by atoms with Gasteiger partial charge in [-0.2, -0.15) is 0 Å². The average Bonchev–Trinajstić information content (AvgIpc) is 1.46. The molecule has 0 aliphatic heterocycles. The van der Waals surface area contributed by atoms with Crippen LogP contribution in [0, 0.1) is 0 Å². The van der Waals surface area contributed by atoms with Gasteiger partial charge in [-0.3, -0.25) is 0 Å². The van der Waals surface area contributed by atoms with Crippen LogP contribution in [0.2, 0.25) is 0 Å². The highest BCUT2D eigenvalue weighted by atomic mass is 32.1. The van der Waals surface area contributed by atoms with Crippen LogP contribution in [0.4, 0.5) is 0 Å². The second-order valence-electron chi connectivity index (χ2n) is 38.6. The predicted molar refractivity (Wildman–Crippen MR) is 620 cm³/mol. The molecule has 0 spiro atoms. The first-order chi connectivity index (χ1) is 73.7. The SMILES string of the molecule is CC1(C)c2ccccc2-c2c(-c3ccc4c5ccccc5c5ccccc5c4c3-c3nc(-c4ccccc4)nc(-c4ccccc4)n3)cccc21.c1ccc(-c2nc(-c3ccccc3)nc(-c3cc4c5ccccc5c5ccccc5c4cc3-c3cccc4c3oc3ccccc34)n2)cc1.c1ccc(-c2nc(-c3ccccc3)nc(-c3cc4c5ccccc5c5ccccc5c4cc3-c3cccc4c3sc3ccccc34)n2)cc1. The third kappa shape index (κ3) is 15.0. The van der Waals surface area contributed by atoms with Gasteiger partial charge in [0.25, 0.3) is 0 Å². The minimum absolute atomic E-state index is 0.129. The molecule has 0 amide bonds. The first-order valence-corrected chi connectivity index (χ1v) is 51.3. The lowest BCUT2D eigenvalue weighted by molar-refractivity contribution is 0.660. The van der Waals surface area contributed by atoms with Gasteiger partial charge in [0.2, 0.25) is 0 Å². The number of thiophene rings is 1. The van der Waals surface area contributed by atoms with Gasteiger partial charge in [0.1, 0.15) is 11.2 Å². The summed E-state index contributed by atoms with van der Waals surface area (Å²) in [6.07, 6.45) is 0. The minimum Gasteiger partial charge on any atom is -0.455 e. The Morgan fingerprint density at radius 1 is 0.174 bits per heavy atom. The van der Waals surface area contributed by atoms with Crippen molar-refractivity contribution >= 4 is 150 Å². The summed E-state index contributed by atoms with van der Waals surface area (Å²) in [5.41, 5.74) is 22.0. The van der Waals surface area contributed by atoms with Crippen molar-refractivity contribution in [1.29, 1.82) is 0 Å². The van der Waals surface area contributed by atoms with Crippen LogP contribution in [0.1, 0.15) is 25.0 Å². The molecule has 30 rings (SSSR count). The van der Waals surface area contributed by atoms with Gasteiger partial charge in [-0.25, -0.2) is 44.9 Å². The van der Waals surface area contributed by atoms with E-state index in [9.17, 15) is 0 Å². The maximum Gasteiger partial charge on any atom is 0.165 e. The van der Waals surface area contributed by atoms with Crippen LogP contribution in [0.5, 0.6) is 0 Å². The van der Waals surface area contributed by atoms with E-state index in [1.165, 1.54) is 140 Å². The number of aromatic nitrogens is 9. The monoisotopic (exact) mass is 1920 g/mol. The fourth-order valence-corrected chi connectivity index (χ4v) is 24.1. The quantitative estimate of drug-likeness (QED) is 0.109. The number of furan rings is 1. The lowest BCUT2D eigenvalue weighted by Gasteiger charge is -2.22. The maximum absolute atomic E-state index is 6.63. The van der Waals surface area contributed by atoms with Crippen LogP contribution in [-0.2, 0) is 5.41 Å². The van der Waals surface area contributed by atoms with Gasteiger partial charge >= 0.3 is 0 Å². The van der Waals surface area contributed by atoms with E-state index in [1.54, 1.807) is 0 Å². The molecule has 0 saturated heterocycles. The molecule has 5 aromatic heterocycles. The number of para-hydroxylation sites is 2. The molecule has 10 nitrogen and oxygen atoms in total. The molecule has 29 aromatic rings. The fourth-order valence-electron chi connectivity index (χ4n) is 22.8. The van der Waals surface area contributed by atoms with E-state index in [2.05, 4.69) is 360 Å². The van der Waals surface area contributed by atoms with Gasteiger partial charge in [0.15, 0.2) is 52.4 Å². The molecule has 11 heteroatoms. The predicted octanol–water partition coefficient (Wildman–Crippen LogP) is 36.6. The Balaban J connectivity index is 0.000000108. The second kappa shape index (κ2) is 36.2. The Hall–Kier alpha value is -19.3. The lowest BCUT2D eigenvalue weighted by atomic mass is 9.81. The number of nitrogens with zero attached hydrogens (tertiary/aromatic N) is 9. The van der Waals surface area contributed by atoms with Gasteiger partial charge in [-0.1, -0.05) is 469 Å². The molecule has 0 radical (unpaired) electrons. The molecule has 24 aromatic carbocycles. The Morgan fingerprint density at radius 2 is 0.456 bits per heavy atom. The minimum atomic E-state index is -0.129. The zero-order valence-electron chi connectivity index (χ0n) is 81.1. The maximum atomic E-state index is 6.63. The van der Waals surface area contributed by atoms with Gasteiger partial charge in [-0.15, -0.1) is 11.3 Å². The van der Waals surface area contributed by atoms with Gasteiger partial charge in [-0.05, 0) is 172 Å². The smallest absolute Gasteiger partial charge is 0.165 e. The van der Waals surface area contributed by atoms with E-state index >= 15 is 0 Å². The molecule has 0 unspecified atom stereocenters. The van der Waals surface area contributed by atoms with Crippen molar-refractivity contribution in [2.45, 2.75) is 19.3 Å². The highest BCUT2D eigenvalue weighted by molar-refractivity contribution is 7.26. The summed E-state index contributed by atoms with van der Waals surface area (Å²) in [4.78, 5) is 46.7. The van der Waals surface area contributed by atoms with Gasteiger partial charge < -0.3 is 4.42 Å². The normalized spacial score (nSPS) is 12.1. The van der Waals surface area contributed by atoms with E-state index in [1.807, 2.05) is 157 Å². The molecule has 0 saturated carbocycles. The van der Waals surface area contributed by atoms with Crippen molar-refractivity contribution in [3.8, 4) is 147 Å². The molecule has 696 valence electrons. The second-order valence-corrected chi connectivity index (χ2v) is 39.7. The number of hydrogen-bond acceptors (Lipinski definition) is 11. The summed E-state index contributed by atoms with van der Waals surface area (Å²) in [5.74, 6) is 5.77. The van der Waals surface area contributed by atoms with Crippen molar-refractivity contribution in [3.05, 3.63) is 503 Å². The summed E-state index contributed by atoms with van der Waals surface area (Å²) in [5, 5.41) is 26.4. The summed E-state index contributed by atoms with van der Waals surface area (Å²) < 4.78 is 9.17. The first kappa shape index (κ1) is 87.5. The zero-order valence-corrected chi connectivity index (χ0v) is 81.9. The molecular formula is C138H87N9OS. The van der Waals surface area contributed by atoms with E-state index in [0.29, 0.717) is 52.4 Å². The molecule has 0 bridgehead atoms. The van der Waals surface area contributed by atoms with Crippen molar-refractivity contribution in [3.63, 3.8) is 0 Å². The van der Waals surface area contributed by atoms with Crippen LogP contribution in [0.3, 0.4) is 0 Å². The first-order valence-electron chi connectivity index (χ1n) is 50.5. The lowest BCUT2D eigenvalue weighted by Crippen LogP contribution is -2.14. The Bertz CT molecular complexity index is 9850. The third-order valence-corrected chi connectivity index (χ3v) is 31.0. The van der Waals surface area contributed by atoms with E-state index in [-0.39, 0.29) is 5.41 Å². The van der Waals surface area contributed by atoms with E-state index < -0.39 is 0 Å². The highest BCUT2D eigenvalue weighted by Gasteiger charge is 2.38. The molecule has 1 aliphatic rings. The standard InChI is InChI=1S/C48H33N3.C45H27N3O.C45H27N3S/c1-48(2)40-26-14-13-24-39(40)42-36(25-15-27-41(42)48)38-29-28-37-34-22-10-9-20-32(34)33-21-11-12-23-35(33)43(37)44(38)47-50-45(30-16-5-3-6-17-30)49-46(51-47)31-18-7-4-8-19-31;2*1-3-14-28(15-4-1)43-46-44(29-16-5-2-6-17-29)48-45(47-43)40-27-38-33-21-10-8-19-31(33)30-18-7-9-20-32(30)37(38)26-39(40)36-24-13-23-35-34-22-11-12-25-41(34)49-42(35)36/h3-29H,1-2H3;2*1-27H. The summed E-state index contributed by atoms with van der Waals surface area (Å²) in [6.45, 7) is 4.68. The molecular weight excluding hydrogens is 1830 g/mol. The van der Waals surface area contributed by atoms with Crippen molar-refractivity contribution in [2.24, 2.45) is 0 Å². The Kier molecular flexibility index (Phi) is 21.3. The molecule has 0 atom stereocenters. The van der Waals surface area contributed by atoms with Crippen LogP contribution in [-0.4, -0.2) is 44.9 Å². The van der Waals surface area contributed by atoms with Gasteiger partial charge in [0, 0.05) is 103 Å². The third-order valence-electron chi connectivity index (χ3n) is 29.8.